The van der Waals surface area contributed by atoms with E-state index in [9.17, 15) is 0 Å². The fourth-order valence-electron chi connectivity index (χ4n) is 1.50. The summed E-state index contributed by atoms with van der Waals surface area (Å²) in [6, 6.07) is 5.44. The number of nitrogens with one attached hydrogen (secondary N) is 1. The van der Waals surface area contributed by atoms with Gasteiger partial charge in [-0.25, -0.2) is 0 Å². The Morgan fingerprint density at radius 2 is 2.19 bits per heavy atom. The van der Waals surface area contributed by atoms with Gasteiger partial charge in [0.2, 0.25) is 5.82 Å². The molecule has 0 unspecified atom stereocenters. The van der Waals surface area contributed by atoms with Crippen molar-refractivity contribution in [2.45, 2.75) is 6.92 Å². The third kappa shape index (κ3) is 1.22. The van der Waals surface area contributed by atoms with Crippen molar-refractivity contribution < 1.29 is 0 Å². The van der Waals surface area contributed by atoms with Gasteiger partial charge in [0.1, 0.15) is 11.5 Å². The summed E-state index contributed by atoms with van der Waals surface area (Å²) in [7, 11) is 0. The zero-order valence-corrected chi connectivity index (χ0v) is 8.55. The van der Waals surface area contributed by atoms with Crippen LogP contribution >= 0.6 is 0 Å². The van der Waals surface area contributed by atoms with Crippen LogP contribution in [0.4, 0.5) is 5.82 Å². The molecule has 0 atom stereocenters. The van der Waals surface area contributed by atoms with E-state index in [0.29, 0.717) is 23.0 Å². The molecular weight excluding hydrogens is 206 g/mol. The summed E-state index contributed by atoms with van der Waals surface area (Å²) in [4.78, 5) is 0. The largest absolute Gasteiger partial charge is 0.382 e. The maximum Gasteiger partial charge on any atom is 0.203 e. The van der Waals surface area contributed by atoms with E-state index in [1.165, 1.54) is 0 Å². The van der Waals surface area contributed by atoms with Crippen molar-refractivity contribution in [3.05, 3.63) is 23.9 Å². The van der Waals surface area contributed by atoms with Crippen LogP contribution in [0.2, 0.25) is 0 Å². The lowest BCUT2D eigenvalue weighted by Gasteiger charge is -1.96. The van der Waals surface area contributed by atoms with Gasteiger partial charge in [0.05, 0.1) is 5.69 Å². The Morgan fingerprint density at radius 3 is 2.94 bits per heavy atom. The van der Waals surface area contributed by atoms with Crippen molar-refractivity contribution in [3.8, 4) is 11.5 Å². The van der Waals surface area contributed by atoms with E-state index in [1.807, 2.05) is 19.1 Å². The predicted octanol–water partition coefficient (Wildman–Crippen LogP) is 0.405. The molecule has 0 amide bonds. The van der Waals surface area contributed by atoms with Crippen molar-refractivity contribution in [3.63, 3.8) is 0 Å². The predicted molar refractivity (Wildman–Crippen MR) is 57.5 cm³/mol. The van der Waals surface area contributed by atoms with Crippen LogP contribution in [0.1, 0.15) is 5.69 Å². The smallest absolute Gasteiger partial charge is 0.203 e. The summed E-state index contributed by atoms with van der Waals surface area (Å²) < 4.78 is 1.66. The maximum absolute atomic E-state index is 5.54. The molecule has 0 spiro atoms. The molecule has 0 saturated heterocycles. The molecule has 3 aromatic rings. The molecule has 16 heavy (non-hydrogen) atoms. The van der Waals surface area contributed by atoms with Crippen LogP contribution in [-0.4, -0.2) is 30.0 Å². The zero-order valence-electron chi connectivity index (χ0n) is 8.55. The monoisotopic (exact) mass is 215 g/mol. The third-order valence-corrected chi connectivity index (χ3v) is 2.23. The molecule has 7 nitrogen and oxygen atoms in total. The minimum Gasteiger partial charge on any atom is -0.382 e. The first kappa shape index (κ1) is 8.84. The van der Waals surface area contributed by atoms with Gasteiger partial charge in [0.25, 0.3) is 0 Å². The highest BCUT2D eigenvalue weighted by Crippen LogP contribution is 2.16. The molecular formula is C9H9N7. The van der Waals surface area contributed by atoms with Crippen LogP contribution < -0.4 is 5.73 Å². The second-order valence-corrected chi connectivity index (χ2v) is 3.47. The van der Waals surface area contributed by atoms with Crippen LogP contribution in [0.3, 0.4) is 0 Å². The van der Waals surface area contributed by atoms with Gasteiger partial charge in [-0.05, 0) is 19.1 Å². The average Bonchev–Trinajstić information content (AvgIpc) is 2.83. The van der Waals surface area contributed by atoms with Crippen LogP contribution in [0.5, 0.6) is 0 Å². The molecule has 3 aromatic heterocycles. The van der Waals surface area contributed by atoms with E-state index in [-0.39, 0.29) is 0 Å². The minimum absolute atomic E-state index is 0.416. The topological polar surface area (TPSA) is 97.8 Å². The van der Waals surface area contributed by atoms with Crippen LogP contribution in [0, 0.1) is 6.92 Å². The Hall–Kier alpha value is -2.44. The molecule has 0 aromatic carbocycles. The van der Waals surface area contributed by atoms with Gasteiger partial charge < -0.3 is 5.73 Å². The molecule has 0 aliphatic carbocycles. The Kier molecular flexibility index (Phi) is 1.67. The first-order valence-electron chi connectivity index (χ1n) is 4.74. The summed E-state index contributed by atoms with van der Waals surface area (Å²) in [6.45, 7) is 1.91. The number of fused-ring (bicyclic) bond motifs is 1. The lowest BCUT2D eigenvalue weighted by molar-refractivity contribution is 0.895. The van der Waals surface area contributed by atoms with Crippen molar-refractivity contribution in [2.75, 3.05) is 5.73 Å². The lowest BCUT2D eigenvalue weighted by atomic mass is 10.4. The molecule has 3 heterocycles. The maximum atomic E-state index is 5.54. The normalized spacial score (nSPS) is 11.1. The molecule has 0 saturated carbocycles. The van der Waals surface area contributed by atoms with Gasteiger partial charge in [-0.2, -0.15) is 14.7 Å². The number of aromatic amines is 1. The van der Waals surface area contributed by atoms with E-state index in [4.69, 9.17) is 5.73 Å². The van der Waals surface area contributed by atoms with Crippen LogP contribution in [-0.2, 0) is 0 Å². The Labute approximate surface area is 90.3 Å². The van der Waals surface area contributed by atoms with Gasteiger partial charge in [-0.3, -0.25) is 5.10 Å². The average molecular weight is 215 g/mol. The highest BCUT2D eigenvalue weighted by molar-refractivity contribution is 5.57. The van der Waals surface area contributed by atoms with Crippen molar-refractivity contribution in [1.29, 1.82) is 0 Å². The summed E-state index contributed by atoms with van der Waals surface area (Å²) in [5.41, 5.74) is 7.81. The summed E-state index contributed by atoms with van der Waals surface area (Å²) in [5, 5.41) is 19.0. The van der Waals surface area contributed by atoms with E-state index in [2.05, 4.69) is 25.5 Å². The summed E-state index contributed by atoms with van der Waals surface area (Å²) in [5.74, 6) is 1.02. The number of nitrogens with zero attached hydrogens (tertiary/aromatic N) is 5. The number of anilines is 1. The number of nitrogen functional groups attached to an aromatic ring is 1. The number of rotatable bonds is 1. The van der Waals surface area contributed by atoms with E-state index in [0.717, 1.165) is 5.69 Å². The number of aromatic nitrogens is 6. The SMILES string of the molecule is Cc1ccc2nnc(-c3cc(N)n[nH]3)n2n1. The number of hydrogen-bond acceptors (Lipinski definition) is 5. The molecule has 0 bridgehead atoms. The molecule has 0 radical (unpaired) electrons. The molecule has 0 fully saturated rings. The Bertz CT molecular complexity index is 651. The molecule has 3 N–H and O–H groups in total. The first-order valence-corrected chi connectivity index (χ1v) is 4.74. The quantitative estimate of drug-likeness (QED) is 0.612. The summed E-state index contributed by atoms with van der Waals surface area (Å²) >= 11 is 0. The Morgan fingerprint density at radius 1 is 1.31 bits per heavy atom. The summed E-state index contributed by atoms with van der Waals surface area (Å²) in [6.07, 6.45) is 0. The minimum atomic E-state index is 0.416. The molecule has 80 valence electrons. The molecule has 7 heteroatoms. The Balaban J connectivity index is 2.27. The first-order chi connectivity index (χ1) is 7.74. The highest BCUT2D eigenvalue weighted by Gasteiger charge is 2.11. The third-order valence-electron chi connectivity index (χ3n) is 2.23. The van der Waals surface area contributed by atoms with Gasteiger partial charge in [0.15, 0.2) is 5.65 Å². The van der Waals surface area contributed by atoms with E-state index >= 15 is 0 Å². The van der Waals surface area contributed by atoms with Crippen molar-refractivity contribution in [1.82, 2.24) is 30.0 Å². The van der Waals surface area contributed by atoms with Crippen molar-refractivity contribution in [2.24, 2.45) is 0 Å². The van der Waals surface area contributed by atoms with Crippen molar-refractivity contribution >= 4 is 11.5 Å². The van der Waals surface area contributed by atoms with Gasteiger partial charge in [-0.1, -0.05) is 0 Å². The standard InChI is InChI=1S/C9H9N7/c1-5-2-3-8-13-14-9(16(8)15-5)6-4-7(10)12-11-6/h2-4H,1H3,(H3,10,11,12). The second kappa shape index (κ2) is 3.02. The fraction of sp³-hybridized carbons (Fsp3) is 0.111. The lowest BCUT2D eigenvalue weighted by Crippen LogP contribution is -1.96. The number of hydrogen-bond donors (Lipinski definition) is 2. The second-order valence-electron chi connectivity index (χ2n) is 3.47. The number of H-pyrrole nitrogens is 1. The number of nitrogens with two attached hydrogens (primary N) is 1. The van der Waals surface area contributed by atoms with E-state index in [1.54, 1.807) is 10.6 Å². The zero-order chi connectivity index (χ0) is 11.1. The van der Waals surface area contributed by atoms with Gasteiger partial charge in [0, 0.05) is 6.07 Å². The van der Waals surface area contributed by atoms with E-state index < -0.39 is 0 Å². The highest BCUT2D eigenvalue weighted by atomic mass is 15.4. The molecule has 3 rings (SSSR count). The van der Waals surface area contributed by atoms with Crippen LogP contribution in [0.15, 0.2) is 18.2 Å². The van der Waals surface area contributed by atoms with Crippen LogP contribution in [0.25, 0.3) is 17.2 Å². The van der Waals surface area contributed by atoms with Gasteiger partial charge >= 0.3 is 0 Å². The number of aryl methyl sites for hydroxylation is 1. The van der Waals surface area contributed by atoms with Gasteiger partial charge in [-0.15, -0.1) is 10.2 Å². The fourth-order valence-corrected chi connectivity index (χ4v) is 1.50. The molecule has 0 aliphatic rings. The molecule has 0 aliphatic heterocycles.